The average molecular weight is 207 g/mol. The fraction of sp³-hybridized carbons (Fsp3) is 0.250. The van der Waals surface area contributed by atoms with Crippen molar-refractivity contribution in [3.8, 4) is 5.75 Å². The Morgan fingerprint density at radius 3 is 2.92 bits per heavy atom. The molecular weight excluding hydrogens is 194 g/mol. The number of aromatic nitrogens is 1. The van der Waals surface area contributed by atoms with E-state index in [9.17, 15) is 9.90 Å². The molecule has 72 valence electrons. The van der Waals surface area contributed by atoms with Crippen molar-refractivity contribution in [3.63, 3.8) is 0 Å². The summed E-state index contributed by atoms with van der Waals surface area (Å²) < 4.78 is 21.1. The summed E-state index contributed by atoms with van der Waals surface area (Å²) in [5.74, 6) is -0.698. The summed E-state index contributed by atoms with van der Waals surface area (Å²) in [4.78, 5) is 14.1. The average Bonchev–Trinajstić information content (AvgIpc) is 2.15. The maximum Gasteiger partial charge on any atom is 0.154 e. The van der Waals surface area contributed by atoms with Gasteiger partial charge < -0.3 is 10.2 Å². The molecule has 0 unspecified atom stereocenters. The Bertz CT molecular complexity index is 395. The van der Waals surface area contributed by atoms with Crippen molar-refractivity contribution in [2.45, 2.75) is 13.5 Å². The lowest BCUT2D eigenvalue weighted by molar-refractivity contribution is 0.111. The van der Waals surface area contributed by atoms with Gasteiger partial charge >= 0.3 is 0 Å². The van der Waals surface area contributed by atoms with Crippen molar-refractivity contribution < 1.29 is 19.1 Å². The van der Waals surface area contributed by atoms with Crippen molar-refractivity contribution in [1.29, 1.82) is 0 Å². The van der Waals surface area contributed by atoms with E-state index < -0.39 is 24.9 Å². The van der Waals surface area contributed by atoms with E-state index in [-0.39, 0.29) is 29.8 Å². The van der Waals surface area contributed by atoms with Crippen LogP contribution in [0.1, 0.15) is 25.7 Å². The van der Waals surface area contributed by atoms with E-state index in [0.29, 0.717) is 0 Å². The number of carbonyl (C=O) groups is 1. The Morgan fingerprint density at radius 1 is 1.77 bits per heavy atom. The maximum absolute atomic E-state index is 10.6. The lowest BCUT2D eigenvalue weighted by atomic mass is 10.1. The number of carbonyl (C=O) groups excluding carboxylic acids is 1. The lowest BCUT2D eigenvalue weighted by Gasteiger charge is -2.04. The predicted octanol–water partition coefficient (Wildman–Crippen LogP) is 0.822. The van der Waals surface area contributed by atoms with Crippen LogP contribution in [0.5, 0.6) is 5.75 Å². The normalized spacial score (nSPS) is 13.5. The highest BCUT2D eigenvalue weighted by Crippen LogP contribution is 2.21. The largest absolute Gasteiger partial charge is 0.505 e. The van der Waals surface area contributed by atoms with E-state index in [2.05, 4.69) is 4.98 Å². The Hall–Kier alpha value is -1.13. The smallest absolute Gasteiger partial charge is 0.154 e. The number of hydrogen-bond acceptors (Lipinski definition) is 4. The van der Waals surface area contributed by atoms with Gasteiger partial charge in [0.1, 0.15) is 5.75 Å². The van der Waals surface area contributed by atoms with E-state index in [1.54, 1.807) is 0 Å². The fourth-order valence-corrected chi connectivity index (χ4v) is 0.810. The number of aldehydes is 1. The molecule has 13 heavy (non-hydrogen) atoms. The number of pyridine rings is 1. The first-order valence-electron chi connectivity index (χ1n) is 4.69. The highest BCUT2D eigenvalue weighted by atomic mass is 35.5. The van der Waals surface area contributed by atoms with Gasteiger partial charge in [0.25, 0.3) is 0 Å². The van der Waals surface area contributed by atoms with Crippen molar-refractivity contribution in [2.75, 3.05) is 0 Å². The molecule has 0 atom stereocenters. The van der Waals surface area contributed by atoms with Gasteiger partial charge in [0.15, 0.2) is 6.29 Å². The quantitative estimate of drug-likeness (QED) is 0.703. The van der Waals surface area contributed by atoms with Gasteiger partial charge in [0.05, 0.1) is 17.9 Å². The minimum absolute atomic E-state index is 0. The van der Waals surface area contributed by atoms with Gasteiger partial charge in [0, 0.05) is 15.9 Å². The molecule has 1 aromatic rings. The molecule has 0 aliphatic rings. The number of nitrogens with zero attached hydrogens (tertiary/aromatic N) is 1. The summed E-state index contributed by atoms with van der Waals surface area (Å²) in [6, 6.07) is 0. The monoisotopic (exact) mass is 206 g/mol. The van der Waals surface area contributed by atoms with Gasteiger partial charge in [-0.3, -0.25) is 9.78 Å². The zero-order valence-corrected chi connectivity index (χ0v) is 7.34. The fourth-order valence-electron chi connectivity index (χ4n) is 0.810. The van der Waals surface area contributed by atoms with Crippen LogP contribution in [0.25, 0.3) is 0 Å². The van der Waals surface area contributed by atoms with Crippen LogP contribution < -0.4 is 0 Å². The highest BCUT2D eigenvalue weighted by molar-refractivity contribution is 5.85. The number of hydrogen-bond donors (Lipinski definition) is 2. The summed E-state index contributed by atoms with van der Waals surface area (Å²) in [7, 11) is 0. The molecule has 0 spiro atoms. The van der Waals surface area contributed by atoms with Crippen LogP contribution in [0.15, 0.2) is 6.20 Å². The van der Waals surface area contributed by atoms with Gasteiger partial charge in [-0.15, -0.1) is 12.4 Å². The number of aliphatic hydroxyl groups is 1. The summed E-state index contributed by atoms with van der Waals surface area (Å²) in [6.07, 6.45) is 1.35. The molecule has 1 aromatic heterocycles. The molecule has 0 aliphatic carbocycles. The zero-order chi connectivity index (χ0) is 11.6. The van der Waals surface area contributed by atoms with E-state index in [1.165, 1.54) is 0 Å². The van der Waals surface area contributed by atoms with E-state index in [4.69, 9.17) is 9.22 Å². The first-order chi connectivity index (χ1) is 6.91. The molecule has 0 fully saturated rings. The van der Waals surface area contributed by atoms with Crippen LogP contribution in [0.2, 0.25) is 0 Å². The topological polar surface area (TPSA) is 70.4 Å². The lowest BCUT2D eigenvalue weighted by Crippen LogP contribution is -1.96. The van der Waals surface area contributed by atoms with Crippen LogP contribution in [0.3, 0.4) is 0 Å². The van der Waals surface area contributed by atoms with Crippen molar-refractivity contribution >= 4 is 18.7 Å². The van der Waals surface area contributed by atoms with Crippen LogP contribution >= 0.6 is 12.4 Å². The minimum atomic E-state index is -2.59. The summed E-state index contributed by atoms with van der Waals surface area (Å²) in [5, 5.41) is 18.3. The number of halogens is 1. The van der Waals surface area contributed by atoms with Crippen LogP contribution in [0.4, 0.5) is 0 Å². The molecule has 0 aliphatic heterocycles. The zero-order valence-electron chi connectivity index (χ0n) is 9.52. The molecule has 0 radical (unpaired) electrons. The SMILES string of the molecule is Cl.[2H]C([2H])([2H])c1ncc(CO)c(C=O)c1O. The molecule has 0 saturated heterocycles. The van der Waals surface area contributed by atoms with Crippen molar-refractivity contribution in [2.24, 2.45) is 0 Å². The standard InChI is InChI=1S/C8H9NO3.ClH/c1-5-8(12)7(4-11)6(3-10)2-9-5;/h2,4,10,12H,3H2,1H3;1H/i1D3;. The number of rotatable bonds is 2. The molecule has 0 saturated carbocycles. The molecule has 0 aromatic carbocycles. The Morgan fingerprint density at radius 2 is 2.46 bits per heavy atom. The molecular formula is C8H10ClNO3. The molecule has 1 rings (SSSR count). The number of aromatic hydroxyl groups is 1. The van der Waals surface area contributed by atoms with E-state index in [1.807, 2.05) is 0 Å². The van der Waals surface area contributed by atoms with Gasteiger partial charge in [-0.25, -0.2) is 0 Å². The number of aryl methyl sites for hydroxylation is 1. The first kappa shape index (κ1) is 7.29. The van der Waals surface area contributed by atoms with Gasteiger partial charge in [0.2, 0.25) is 0 Å². The second kappa shape index (κ2) is 4.79. The molecule has 2 N–H and O–H groups in total. The number of aliphatic hydroxyl groups excluding tert-OH is 1. The van der Waals surface area contributed by atoms with Crippen molar-refractivity contribution in [1.82, 2.24) is 4.98 Å². The highest BCUT2D eigenvalue weighted by Gasteiger charge is 2.09. The Kier molecular flexibility index (Phi) is 2.69. The van der Waals surface area contributed by atoms with E-state index >= 15 is 0 Å². The minimum Gasteiger partial charge on any atom is -0.505 e. The molecule has 0 bridgehead atoms. The predicted molar refractivity (Wildman–Crippen MR) is 49.2 cm³/mol. The van der Waals surface area contributed by atoms with Crippen LogP contribution in [-0.4, -0.2) is 21.5 Å². The molecule has 0 amide bonds. The summed E-state index contributed by atoms with van der Waals surface area (Å²) in [5.41, 5.74) is -0.684. The second-order valence-electron chi connectivity index (χ2n) is 2.17. The van der Waals surface area contributed by atoms with Crippen molar-refractivity contribution in [3.05, 3.63) is 23.0 Å². The van der Waals surface area contributed by atoms with Crippen LogP contribution in [-0.2, 0) is 6.61 Å². The maximum atomic E-state index is 10.6. The molecule has 4 nitrogen and oxygen atoms in total. The first-order valence-corrected chi connectivity index (χ1v) is 3.19. The molecule has 5 heteroatoms. The molecule has 1 heterocycles. The van der Waals surface area contributed by atoms with E-state index in [0.717, 1.165) is 6.20 Å². The van der Waals surface area contributed by atoms with Gasteiger partial charge in [-0.05, 0) is 6.85 Å². The van der Waals surface area contributed by atoms with Gasteiger partial charge in [-0.1, -0.05) is 0 Å². The van der Waals surface area contributed by atoms with Crippen LogP contribution in [0, 0.1) is 6.85 Å². The third kappa shape index (κ3) is 2.17. The third-order valence-electron chi connectivity index (χ3n) is 1.46. The summed E-state index contributed by atoms with van der Waals surface area (Å²) >= 11 is 0. The third-order valence-corrected chi connectivity index (χ3v) is 1.46. The summed E-state index contributed by atoms with van der Waals surface area (Å²) in [6.45, 7) is -3.08. The second-order valence-corrected chi connectivity index (χ2v) is 2.17. The van der Waals surface area contributed by atoms with Gasteiger partial charge in [-0.2, -0.15) is 0 Å². The Labute approximate surface area is 85.9 Å². The Balaban J connectivity index is 0.00000225.